The molecule has 4 rings (SSSR count). The van der Waals surface area contributed by atoms with E-state index >= 15 is 0 Å². The van der Waals surface area contributed by atoms with Gasteiger partial charge in [0.05, 0.1) is 6.04 Å². The van der Waals surface area contributed by atoms with Crippen LogP contribution < -0.4 is 0 Å². The number of amides is 2. The van der Waals surface area contributed by atoms with Crippen molar-refractivity contribution in [3.8, 4) is 0 Å². The van der Waals surface area contributed by atoms with Crippen molar-refractivity contribution in [3.63, 3.8) is 0 Å². The van der Waals surface area contributed by atoms with Crippen LogP contribution in [0.2, 0.25) is 5.02 Å². The maximum absolute atomic E-state index is 13.8. The Kier molecular flexibility index (Phi) is 6.85. The molecule has 1 unspecified atom stereocenters. The molecular weight excluding hydrogens is 446 g/mol. The molecule has 0 radical (unpaired) electrons. The van der Waals surface area contributed by atoms with E-state index in [1.54, 1.807) is 4.90 Å². The number of fused-ring (bicyclic) bond motifs is 1. The number of aryl methyl sites for hydroxylation is 1. The van der Waals surface area contributed by atoms with Crippen LogP contribution in [0.1, 0.15) is 60.9 Å². The van der Waals surface area contributed by atoms with Crippen LogP contribution in [0.15, 0.2) is 66.9 Å². The number of carbonyl (C=O) groups excluding carboxylic acids is 2. The monoisotopic (exact) mass is 477 g/mol. The maximum atomic E-state index is 13.8. The highest BCUT2D eigenvalue weighted by molar-refractivity contribution is 6.30. The second-order valence-electron chi connectivity index (χ2n) is 9.78. The van der Waals surface area contributed by atoms with Crippen LogP contribution >= 0.6 is 11.6 Å². The van der Waals surface area contributed by atoms with Gasteiger partial charge in [-0.2, -0.15) is 0 Å². The molecule has 0 aliphatic carbocycles. The average Bonchev–Trinajstić information content (AvgIpc) is 3.29. The van der Waals surface area contributed by atoms with E-state index in [0.717, 1.165) is 17.7 Å². The van der Waals surface area contributed by atoms with Crippen LogP contribution in [0.5, 0.6) is 0 Å². The quantitative estimate of drug-likeness (QED) is 0.481. The Labute approximate surface area is 206 Å². The second kappa shape index (κ2) is 9.67. The molecule has 0 N–H and O–H groups in total. The van der Waals surface area contributed by atoms with E-state index in [1.807, 2.05) is 92.5 Å². The molecule has 0 bridgehead atoms. The maximum Gasteiger partial charge on any atom is 0.254 e. The predicted molar refractivity (Wildman–Crippen MR) is 136 cm³/mol. The van der Waals surface area contributed by atoms with Crippen molar-refractivity contribution in [2.75, 3.05) is 13.1 Å². The largest absolute Gasteiger partial charge is 0.348 e. The van der Waals surface area contributed by atoms with Crippen molar-refractivity contribution in [2.24, 2.45) is 0 Å². The lowest BCUT2D eigenvalue weighted by molar-refractivity contribution is -0.135. The first kappa shape index (κ1) is 24.1. The van der Waals surface area contributed by atoms with Gasteiger partial charge >= 0.3 is 0 Å². The van der Waals surface area contributed by atoms with Gasteiger partial charge in [0.1, 0.15) is 6.54 Å². The lowest BCUT2D eigenvalue weighted by atomic mass is 9.99. The molecule has 6 heteroatoms. The Balaban J connectivity index is 1.64. The molecule has 3 aromatic rings. The number of hydrogen-bond acceptors (Lipinski definition) is 2. The van der Waals surface area contributed by atoms with Gasteiger partial charge in [0, 0.05) is 41.1 Å². The van der Waals surface area contributed by atoms with Crippen molar-refractivity contribution >= 4 is 23.4 Å². The van der Waals surface area contributed by atoms with E-state index in [9.17, 15) is 9.59 Å². The van der Waals surface area contributed by atoms with Gasteiger partial charge in [-0.1, -0.05) is 42.8 Å². The topological polar surface area (TPSA) is 45.6 Å². The molecule has 1 aliphatic rings. The third-order valence-corrected chi connectivity index (χ3v) is 6.72. The molecule has 1 aromatic heterocycles. The van der Waals surface area contributed by atoms with Crippen molar-refractivity contribution in [1.29, 1.82) is 0 Å². The fourth-order valence-electron chi connectivity index (χ4n) is 4.56. The second-order valence-corrected chi connectivity index (χ2v) is 10.2. The van der Waals surface area contributed by atoms with E-state index in [-0.39, 0.29) is 24.4 Å². The number of rotatable bonds is 5. The molecule has 0 fully saturated rings. The van der Waals surface area contributed by atoms with Gasteiger partial charge < -0.3 is 14.4 Å². The smallest absolute Gasteiger partial charge is 0.254 e. The Hall–Kier alpha value is -3.05. The molecule has 2 aromatic carbocycles. The lowest BCUT2D eigenvalue weighted by Crippen LogP contribution is -2.53. The predicted octanol–water partition coefficient (Wildman–Crippen LogP) is 5.58. The molecular formula is C28H32ClN3O2. The van der Waals surface area contributed by atoms with Crippen LogP contribution in [-0.2, 0) is 17.8 Å². The van der Waals surface area contributed by atoms with Gasteiger partial charge in [-0.15, -0.1) is 0 Å². The molecule has 5 nitrogen and oxygen atoms in total. The Bertz CT molecular complexity index is 1180. The van der Waals surface area contributed by atoms with Gasteiger partial charge in [0.25, 0.3) is 5.91 Å². The SMILES string of the molecule is CCc1ccc(C(=O)N(CC(=O)N2CCn3cccc3C2c2cccc(Cl)c2)C(C)(C)C)cc1. The molecule has 2 amide bonds. The normalized spacial score (nSPS) is 15.7. The summed E-state index contributed by atoms with van der Waals surface area (Å²) in [5.41, 5.74) is 3.27. The van der Waals surface area contributed by atoms with Crippen molar-refractivity contribution in [1.82, 2.24) is 14.4 Å². The van der Waals surface area contributed by atoms with E-state index < -0.39 is 5.54 Å². The van der Waals surface area contributed by atoms with Gasteiger partial charge in [-0.05, 0) is 74.7 Å². The first-order chi connectivity index (χ1) is 16.2. The summed E-state index contributed by atoms with van der Waals surface area (Å²) in [6, 6.07) is 19.1. The highest BCUT2D eigenvalue weighted by Crippen LogP contribution is 2.34. The summed E-state index contributed by atoms with van der Waals surface area (Å²) in [5.74, 6) is -0.214. The molecule has 0 saturated carbocycles. The number of aromatic nitrogens is 1. The minimum Gasteiger partial charge on any atom is -0.348 e. The summed E-state index contributed by atoms with van der Waals surface area (Å²) >= 11 is 6.30. The molecule has 178 valence electrons. The number of benzene rings is 2. The third-order valence-electron chi connectivity index (χ3n) is 6.48. The fourth-order valence-corrected chi connectivity index (χ4v) is 4.76. The summed E-state index contributed by atoms with van der Waals surface area (Å²) in [4.78, 5) is 30.8. The van der Waals surface area contributed by atoms with Gasteiger partial charge in [-0.25, -0.2) is 0 Å². The fraction of sp³-hybridized carbons (Fsp3) is 0.357. The van der Waals surface area contributed by atoms with Gasteiger partial charge in [0.2, 0.25) is 5.91 Å². The standard InChI is InChI=1S/C28H32ClN3O2/c1-5-20-11-13-21(14-12-20)27(34)32(28(2,3)4)19-25(33)31-17-16-30-15-7-10-24(30)26(31)22-8-6-9-23(29)18-22/h6-15,18,26H,5,16-17,19H2,1-4H3. The number of halogens is 1. The molecule has 0 saturated heterocycles. The summed E-state index contributed by atoms with van der Waals surface area (Å²) in [6.45, 7) is 9.28. The van der Waals surface area contributed by atoms with Crippen LogP contribution in [0, 0.1) is 0 Å². The minimum absolute atomic E-state index is 0.00956. The van der Waals surface area contributed by atoms with Crippen molar-refractivity contribution in [2.45, 2.75) is 52.2 Å². The van der Waals surface area contributed by atoms with E-state index in [4.69, 9.17) is 11.6 Å². The van der Waals surface area contributed by atoms with Gasteiger partial charge in [0.15, 0.2) is 0 Å². The zero-order chi connectivity index (χ0) is 24.5. The molecule has 34 heavy (non-hydrogen) atoms. The summed E-state index contributed by atoms with van der Waals surface area (Å²) < 4.78 is 2.18. The van der Waals surface area contributed by atoms with E-state index in [2.05, 4.69) is 11.5 Å². The first-order valence-corrected chi connectivity index (χ1v) is 12.2. The van der Waals surface area contributed by atoms with Crippen LogP contribution in [-0.4, -0.2) is 44.8 Å². The highest BCUT2D eigenvalue weighted by atomic mass is 35.5. The number of hydrogen-bond donors (Lipinski definition) is 0. The molecule has 0 spiro atoms. The minimum atomic E-state index is -0.516. The van der Waals surface area contributed by atoms with Gasteiger partial charge in [-0.3, -0.25) is 9.59 Å². The lowest BCUT2D eigenvalue weighted by Gasteiger charge is -2.41. The van der Waals surface area contributed by atoms with E-state index in [0.29, 0.717) is 23.7 Å². The Morgan fingerprint density at radius 3 is 2.41 bits per heavy atom. The zero-order valence-corrected chi connectivity index (χ0v) is 21.0. The summed E-state index contributed by atoms with van der Waals surface area (Å²) in [6.07, 6.45) is 2.96. The molecule has 1 atom stereocenters. The third kappa shape index (κ3) is 4.90. The first-order valence-electron chi connectivity index (χ1n) is 11.8. The van der Waals surface area contributed by atoms with Crippen molar-refractivity contribution in [3.05, 3.63) is 94.3 Å². The van der Waals surface area contributed by atoms with Crippen LogP contribution in [0.3, 0.4) is 0 Å². The summed E-state index contributed by atoms with van der Waals surface area (Å²) in [5, 5.41) is 0.635. The Morgan fingerprint density at radius 1 is 1.03 bits per heavy atom. The summed E-state index contributed by atoms with van der Waals surface area (Å²) in [7, 11) is 0. The van der Waals surface area contributed by atoms with E-state index in [1.165, 1.54) is 5.56 Å². The van der Waals surface area contributed by atoms with Crippen LogP contribution in [0.25, 0.3) is 0 Å². The van der Waals surface area contributed by atoms with Crippen molar-refractivity contribution < 1.29 is 9.59 Å². The number of carbonyl (C=O) groups is 2. The number of nitrogens with zero attached hydrogens (tertiary/aromatic N) is 3. The zero-order valence-electron chi connectivity index (χ0n) is 20.3. The average molecular weight is 478 g/mol. The molecule has 1 aliphatic heterocycles. The molecule has 2 heterocycles. The highest BCUT2D eigenvalue weighted by Gasteiger charge is 2.36. The Morgan fingerprint density at radius 2 is 1.76 bits per heavy atom. The van der Waals surface area contributed by atoms with Crippen LogP contribution in [0.4, 0.5) is 0 Å².